The average molecular weight is 360 g/mol. The Balaban J connectivity index is 0.00000176. The summed E-state index contributed by atoms with van der Waals surface area (Å²) in [5.41, 5.74) is 7.44. The van der Waals surface area contributed by atoms with Crippen LogP contribution in [0.15, 0.2) is 34.5 Å². The van der Waals surface area contributed by atoms with Crippen molar-refractivity contribution < 1.29 is 8.42 Å². The summed E-state index contributed by atoms with van der Waals surface area (Å²) in [6.45, 7) is 1.92. The highest BCUT2D eigenvalue weighted by Gasteiger charge is 2.30. The second-order valence-corrected chi connectivity index (χ2v) is 7.94. The molecule has 0 atom stereocenters. The van der Waals surface area contributed by atoms with E-state index in [1.165, 1.54) is 11.3 Å². The van der Waals surface area contributed by atoms with Gasteiger partial charge in [-0.25, -0.2) is 18.1 Å². The van der Waals surface area contributed by atoms with E-state index in [-0.39, 0.29) is 29.4 Å². The van der Waals surface area contributed by atoms with Crippen LogP contribution in [0.2, 0.25) is 0 Å². The highest BCUT2D eigenvalue weighted by atomic mass is 35.5. The lowest BCUT2D eigenvalue weighted by atomic mass is 9.89. The molecule has 1 heterocycles. The molecule has 0 amide bonds. The molecular formula is C14H18ClN3O2S2. The van der Waals surface area contributed by atoms with Crippen LogP contribution in [0.4, 0.5) is 0 Å². The second-order valence-electron chi connectivity index (χ2n) is 5.37. The SMILES string of the molecule is Cc1csc(-c2cccc(S(=O)(=O)NC3CC(N)C3)c2)n1.Cl. The number of rotatable bonds is 4. The molecule has 8 heteroatoms. The van der Waals surface area contributed by atoms with Crippen LogP contribution in [-0.2, 0) is 10.0 Å². The highest BCUT2D eigenvalue weighted by Crippen LogP contribution is 2.26. The summed E-state index contributed by atoms with van der Waals surface area (Å²) in [5.74, 6) is 0. The van der Waals surface area contributed by atoms with Crippen molar-refractivity contribution in [2.75, 3.05) is 0 Å². The van der Waals surface area contributed by atoms with Gasteiger partial charge in [-0.05, 0) is 31.9 Å². The molecule has 3 N–H and O–H groups in total. The molecule has 0 spiro atoms. The number of hydrogen-bond donors (Lipinski definition) is 2. The molecule has 3 rings (SSSR count). The minimum absolute atomic E-state index is 0. The third-order valence-corrected chi connectivity index (χ3v) is 6.03. The quantitative estimate of drug-likeness (QED) is 0.877. The summed E-state index contributed by atoms with van der Waals surface area (Å²) in [7, 11) is -3.50. The second kappa shape index (κ2) is 6.64. The van der Waals surface area contributed by atoms with E-state index in [9.17, 15) is 8.42 Å². The summed E-state index contributed by atoms with van der Waals surface area (Å²) in [5, 5.41) is 2.78. The lowest BCUT2D eigenvalue weighted by Gasteiger charge is -2.32. The monoisotopic (exact) mass is 359 g/mol. The predicted octanol–water partition coefficient (Wildman–Crippen LogP) is 2.31. The number of aromatic nitrogens is 1. The fraction of sp³-hybridized carbons (Fsp3) is 0.357. The molecule has 1 fully saturated rings. The van der Waals surface area contributed by atoms with Gasteiger partial charge in [0.15, 0.2) is 0 Å². The molecule has 1 aliphatic rings. The molecule has 0 radical (unpaired) electrons. The maximum absolute atomic E-state index is 12.4. The van der Waals surface area contributed by atoms with Gasteiger partial charge in [-0.15, -0.1) is 23.7 Å². The zero-order valence-corrected chi connectivity index (χ0v) is 14.5. The highest BCUT2D eigenvalue weighted by molar-refractivity contribution is 7.89. The molecule has 0 unspecified atom stereocenters. The van der Waals surface area contributed by atoms with Crippen molar-refractivity contribution in [3.05, 3.63) is 35.3 Å². The lowest BCUT2D eigenvalue weighted by Crippen LogP contribution is -2.50. The molecular weight excluding hydrogens is 342 g/mol. The van der Waals surface area contributed by atoms with E-state index >= 15 is 0 Å². The first kappa shape index (κ1) is 17.4. The van der Waals surface area contributed by atoms with Gasteiger partial charge in [0.2, 0.25) is 10.0 Å². The van der Waals surface area contributed by atoms with E-state index in [1.807, 2.05) is 18.4 Å². The Labute approximate surface area is 140 Å². The van der Waals surface area contributed by atoms with Gasteiger partial charge in [0.05, 0.1) is 4.90 Å². The van der Waals surface area contributed by atoms with E-state index in [4.69, 9.17) is 5.73 Å². The fourth-order valence-electron chi connectivity index (χ4n) is 2.33. The van der Waals surface area contributed by atoms with Crippen LogP contribution >= 0.6 is 23.7 Å². The molecule has 5 nitrogen and oxygen atoms in total. The lowest BCUT2D eigenvalue weighted by molar-refractivity contribution is 0.327. The number of sulfonamides is 1. The first-order valence-corrected chi connectivity index (χ1v) is 9.11. The Morgan fingerprint density at radius 3 is 2.68 bits per heavy atom. The Morgan fingerprint density at radius 2 is 2.09 bits per heavy atom. The molecule has 1 aromatic heterocycles. The van der Waals surface area contributed by atoms with E-state index in [1.54, 1.807) is 18.2 Å². The smallest absolute Gasteiger partial charge is 0.240 e. The Kier molecular flexibility index (Phi) is 5.24. The van der Waals surface area contributed by atoms with Gasteiger partial charge in [0, 0.05) is 28.7 Å². The Hall–Kier alpha value is -0.990. The summed E-state index contributed by atoms with van der Waals surface area (Å²) < 4.78 is 27.4. The van der Waals surface area contributed by atoms with Crippen molar-refractivity contribution >= 4 is 33.8 Å². The number of aryl methyl sites for hydroxylation is 1. The van der Waals surface area contributed by atoms with E-state index in [0.717, 1.165) is 16.3 Å². The molecule has 22 heavy (non-hydrogen) atoms. The predicted molar refractivity (Wildman–Crippen MR) is 90.9 cm³/mol. The average Bonchev–Trinajstić information content (AvgIpc) is 2.84. The third kappa shape index (κ3) is 3.67. The molecule has 120 valence electrons. The van der Waals surface area contributed by atoms with Gasteiger partial charge in [0.25, 0.3) is 0 Å². The number of nitrogens with two attached hydrogens (primary N) is 1. The maximum atomic E-state index is 12.4. The Bertz CT molecular complexity index is 755. The summed E-state index contributed by atoms with van der Waals surface area (Å²) >= 11 is 1.51. The van der Waals surface area contributed by atoms with Crippen molar-refractivity contribution in [1.82, 2.24) is 9.71 Å². The van der Waals surface area contributed by atoms with Crippen molar-refractivity contribution in [2.24, 2.45) is 5.73 Å². The first-order chi connectivity index (χ1) is 9.94. The standard InChI is InChI=1S/C14H17N3O2S2.ClH/c1-9-8-20-14(16-9)10-3-2-4-13(5-10)21(18,19)17-12-6-11(15)7-12;/h2-5,8,11-12,17H,6-7,15H2,1H3;1H. The molecule has 1 aliphatic carbocycles. The van der Waals surface area contributed by atoms with Crippen LogP contribution in [0, 0.1) is 6.92 Å². The van der Waals surface area contributed by atoms with Gasteiger partial charge in [0.1, 0.15) is 5.01 Å². The van der Waals surface area contributed by atoms with Crippen molar-refractivity contribution in [1.29, 1.82) is 0 Å². The van der Waals surface area contributed by atoms with Gasteiger partial charge < -0.3 is 5.73 Å². The van der Waals surface area contributed by atoms with E-state index < -0.39 is 10.0 Å². The summed E-state index contributed by atoms with van der Waals surface area (Å²) in [4.78, 5) is 4.66. The van der Waals surface area contributed by atoms with Crippen molar-refractivity contribution in [3.8, 4) is 10.6 Å². The van der Waals surface area contributed by atoms with Crippen molar-refractivity contribution in [3.63, 3.8) is 0 Å². The van der Waals surface area contributed by atoms with Gasteiger partial charge in [-0.1, -0.05) is 12.1 Å². The number of nitrogens with zero attached hydrogens (tertiary/aromatic N) is 1. The van der Waals surface area contributed by atoms with Crippen LogP contribution in [0.25, 0.3) is 10.6 Å². The van der Waals surface area contributed by atoms with Crippen LogP contribution in [-0.4, -0.2) is 25.5 Å². The van der Waals surface area contributed by atoms with Crippen LogP contribution in [0.5, 0.6) is 0 Å². The number of nitrogens with one attached hydrogen (secondary N) is 1. The molecule has 2 aromatic rings. The molecule has 0 bridgehead atoms. The van der Waals surface area contributed by atoms with Gasteiger partial charge >= 0.3 is 0 Å². The normalized spacial score (nSPS) is 21.0. The van der Waals surface area contributed by atoms with Crippen LogP contribution in [0.3, 0.4) is 0 Å². The van der Waals surface area contributed by atoms with Crippen LogP contribution in [0.1, 0.15) is 18.5 Å². The molecule has 1 saturated carbocycles. The number of hydrogen-bond acceptors (Lipinski definition) is 5. The summed E-state index contributed by atoms with van der Waals surface area (Å²) in [6.07, 6.45) is 1.40. The third-order valence-electron chi connectivity index (χ3n) is 3.51. The van der Waals surface area contributed by atoms with Gasteiger partial charge in [-0.2, -0.15) is 0 Å². The zero-order chi connectivity index (χ0) is 15.0. The van der Waals surface area contributed by atoms with Crippen molar-refractivity contribution in [2.45, 2.75) is 36.7 Å². The minimum Gasteiger partial charge on any atom is -0.328 e. The fourth-order valence-corrected chi connectivity index (χ4v) is 4.43. The van der Waals surface area contributed by atoms with Gasteiger partial charge in [-0.3, -0.25) is 0 Å². The largest absolute Gasteiger partial charge is 0.328 e. The molecule has 0 saturated heterocycles. The zero-order valence-electron chi connectivity index (χ0n) is 12.0. The van der Waals surface area contributed by atoms with E-state index in [2.05, 4.69) is 9.71 Å². The van der Waals surface area contributed by atoms with E-state index in [0.29, 0.717) is 12.8 Å². The summed E-state index contributed by atoms with van der Waals surface area (Å²) in [6, 6.07) is 6.95. The molecule has 1 aromatic carbocycles. The Morgan fingerprint density at radius 1 is 1.36 bits per heavy atom. The number of benzene rings is 1. The van der Waals surface area contributed by atoms with Crippen LogP contribution < -0.4 is 10.5 Å². The minimum atomic E-state index is -3.50. The number of thiazole rings is 1. The first-order valence-electron chi connectivity index (χ1n) is 6.74. The topological polar surface area (TPSA) is 85.1 Å². The molecule has 0 aliphatic heterocycles. The number of halogens is 1. The maximum Gasteiger partial charge on any atom is 0.240 e.